The maximum Gasteiger partial charge on any atom is 0.240 e. The fourth-order valence-corrected chi connectivity index (χ4v) is 2.37. The summed E-state index contributed by atoms with van der Waals surface area (Å²) in [6.45, 7) is 6.86. The quantitative estimate of drug-likeness (QED) is 0.888. The van der Waals surface area contributed by atoms with Gasteiger partial charge < -0.3 is 5.11 Å². The van der Waals surface area contributed by atoms with Crippen molar-refractivity contribution in [2.24, 2.45) is 5.41 Å². The number of aliphatic hydroxyl groups is 1. The number of sulfonamides is 1. The molecule has 0 aromatic heterocycles. The Kier molecular flexibility index (Phi) is 4.71. The molecule has 0 saturated heterocycles. The number of aliphatic hydroxyl groups excluding tert-OH is 1. The SMILES string of the molecule is Cc1ccc(S(=O)(=O)NCC(O)C(C)(C)C)cc1F. The topological polar surface area (TPSA) is 66.4 Å². The minimum atomic E-state index is -3.80. The first kappa shape index (κ1) is 16.1. The van der Waals surface area contributed by atoms with Gasteiger partial charge in [0, 0.05) is 6.54 Å². The lowest BCUT2D eigenvalue weighted by atomic mass is 9.89. The summed E-state index contributed by atoms with van der Waals surface area (Å²) in [5.74, 6) is -0.570. The van der Waals surface area contributed by atoms with E-state index >= 15 is 0 Å². The largest absolute Gasteiger partial charge is 0.391 e. The highest BCUT2D eigenvalue weighted by Crippen LogP contribution is 2.19. The van der Waals surface area contributed by atoms with E-state index in [9.17, 15) is 17.9 Å². The van der Waals surface area contributed by atoms with Gasteiger partial charge in [-0.3, -0.25) is 0 Å². The molecule has 0 saturated carbocycles. The van der Waals surface area contributed by atoms with Crippen LogP contribution in [0.3, 0.4) is 0 Å². The van der Waals surface area contributed by atoms with Gasteiger partial charge in [-0.15, -0.1) is 0 Å². The number of hydrogen-bond donors (Lipinski definition) is 2. The first-order valence-electron chi connectivity index (χ1n) is 5.98. The van der Waals surface area contributed by atoms with Crippen LogP contribution in [0.2, 0.25) is 0 Å². The summed E-state index contributed by atoms with van der Waals surface area (Å²) in [7, 11) is -3.80. The Labute approximate surface area is 113 Å². The average Bonchev–Trinajstić information content (AvgIpc) is 2.28. The van der Waals surface area contributed by atoms with Crippen molar-refractivity contribution in [3.8, 4) is 0 Å². The lowest BCUT2D eigenvalue weighted by molar-refractivity contribution is 0.0677. The van der Waals surface area contributed by atoms with Gasteiger partial charge in [0.1, 0.15) is 5.82 Å². The highest BCUT2D eigenvalue weighted by atomic mass is 32.2. The first-order chi connectivity index (χ1) is 8.54. The molecule has 0 aliphatic heterocycles. The molecule has 0 amide bonds. The van der Waals surface area contributed by atoms with Gasteiger partial charge in [0.2, 0.25) is 10.0 Å². The molecule has 1 unspecified atom stereocenters. The molecule has 4 nitrogen and oxygen atoms in total. The van der Waals surface area contributed by atoms with E-state index in [1.165, 1.54) is 12.1 Å². The van der Waals surface area contributed by atoms with Crippen molar-refractivity contribution < 1.29 is 17.9 Å². The maximum absolute atomic E-state index is 13.4. The van der Waals surface area contributed by atoms with Crippen LogP contribution in [0.1, 0.15) is 26.3 Å². The predicted octanol–water partition coefficient (Wildman–Crippen LogP) is 1.82. The van der Waals surface area contributed by atoms with Crippen LogP contribution in [0.5, 0.6) is 0 Å². The van der Waals surface area contributed by atoms with Gasteiger partial charge in [0.05, 0.1) is 11.0 Å². The first-order valence-corrected chi connectivity index (χ1v) is 7.46. The second kappa shape index (κ2) is 5.56. The molecule has 1 rings (SSSR count). The zero-order valence-electron chi connectivity index (χ0n) is 11.6. The van der Waals surface area contributed by atoms with Crippen LogP contribution >= 0.6 is 0 Å². The van der Waals surface area contributed by atoms with Crippen LogP contribution < -0.4 is 4.72 Å². The van der Waals surface area contributed by atoms with Crippen molar-refractivity contribution in [1.29, 1.82) is 0 Å². The van der Waals surface area contributed by atoms with E-state index in [-0.39, 0.29) is 11.4 Å². The lowest BCUT2D eigenvalue weighted by Crippen LogP contribution is -2.39. The Morgan fingerprint density at radius 3 is 2.42 bits per heavy atom. The second-order valence-corrected chi connectivity index (χ2v) is 7.41. The number of benzene rings is 1. The van der Waals surface area contributed by atoms with Crippen molar-refractivity contribution in [3.63, 3.8) is 0 Å². The highest BCUT2D eigenvalue weighted by molar-refractivity contribution is 7.89. The lowest BCUT2D eigenvalue weighted by Gasteiger charge is -2.25. The van der Waals surface area contributed by atoms with Crippen LogP contribution in [-0.4, -0.2) is 26.2 Å². The van der Waals surface area contributed by atoms with Gasteiger partial charge in [-0.2, -0.15) is 0 Å². The van der Waals surface area contributed by atoms with Crippen LogP contribution in [0.4, 0.5) is 4.39 Å². The number of rotatable bonds is 4. The summed E-state index contributed by atoms with van der Waals surface area (Å²) in [5, 5.41) is 9.79. The third kappa shape index (κ3) is 4.26. The monoisotopic (exact) mass is 289 g/mol. The fourth-order valence-electron chi connectivity index (χ4n) is 1.32. The second-order valence-electron chi connectivity index (χ2n) is 5.64. The number of hydrogen-bond acceptors (Lipinski definition) is 3. The molecule has 1 aromatic rings. The van der Waals surface area contributed by atoms with Gasteiger partial charge in [0.25, 0.3) is 0 Å². The van der Waals surface area contributed by atoms with Crippen LogP contribution in [0.15, 0.2) is 23.1 Å². The van der Waals surface area contributed by atoms with E-state index in [4.69, 9.17) is 0 Å². The van der Waals surface area contributed by atoms with Crippen molar-refractivity contribution in [3.05, 3.63) is 29.6 Å². The fraction of sp³-hybridized carbons (Fsp3) is 0.538. The van der Waals surface area contributed by atoms with E-state index in [2.05, 4.69) is 4.72 Å². The molecule has 0 heterocycles. The Bertz CT molecular complexity index is 549. The van der Waals surface area contributed by atoms with Crippen molar-refractivity contribution in [2.45, 2.75) is 38.7 Å². The van der Waals surface area contributed by atoms with E-state index in [1.807, 2.05) is 0 Å². The zero-order chi connectivity index (χ0) is 14.8. The molecular weight excluding hydrogens is 269 g/mol. The zero-order valence-corrected chi connectivity index (χ0v) is 12.4. The summed E-state index contributed by atoms with van der Waals surface area (Å²) < 4.78 is 39.5. The number of nitrogens with one attached hydrogen (secondary N) is 1. The van der Waals surface area contributed by atoms with Crippen molar-refractivity contribution in [1.82, 2.24) is 4.72 Å². The third-order valence-electron chi connectivity index (χ3n) is 2.92. The minimum absolute atomic E-state index is 0.110. The molecule has 1 aromatic carbocycles. The summed E-state index contributed by atoms with van der Waals surface area (Å²) in [6, 6.07) is 3.72. The predicted molar refractivity (Wildman–Crippen MR) is 71.8 cm³/mol. The van der Waals surface area contributed by atoms with Crippen LogP contribution in [0, 0.1) is 18.2 Å². The van der Waals surface area contributed by atoms with E-state index < -0.39 is 27.4 Å². The molecule has 108 valence electrons. The summed E-state index contributed by atoms with van der Waals surface area (Å²) in [6.07, 6.45) is -0.822. The van der Waals surface area contributed by atoms with Crippen molar-refractivity contribution >= 4 is 10.0 Å². The summed E-state index contributed by atoms with van der Waals surface area (Å²) >= 11 is 0. The van der Waals surface area contributed by atoms with Crippen molar-refractivity contribution in [2.75, 3.05) is 6.54 Å². The smallest absolute Gasteiger partial charge is 0.240 e. The standard InChI is InChI=1S/C13H20FNO3S/c1-9-5-6-10(7-11(9)14)19(17,18)15-8-12(16)13(2,3)4/h5-7,12,15-16H,8H2,1-4H3. The van der Waals surface area contributed by atoms with Gasteiger partial charge in [-0.25, -0.2) is 17.5 Å². The molecule has 0 aliphatic carbocycles. The normalized spacial score (nSPS) is 14.4. The van der Waals surface area contributed by atoms with E-state index in [0.29, 0.717) is 5.56 Å². The molecule has 1 atom stereocenters. The van der Waals surface area contributed by atoms with Crippen LogP contribution in [0.25, 0.3) is 0 Å². The van der Waals surface area contributed by atoms with E-state index in [1.54, 1.807) is 27.7 Å². The number of aryl methyl sites for hydroxylation is 1. The molecule has 0 bridgehead atoms. The highest BCUT2D eigenvalue weighted by Gasteiger charge is 2.24. The molecule has 0 fully saturated rings. The Morgan fingerprint density at radius 1 is 1.37 bits per heavy atom. The molecule has 0 aliphatic rings. The molecule has 0 radical (unpaired) electrons. The third-order valence-corrected chi connectivity index (χ3v) is 4.34. The Morgan fingerprint density at radius 2 is 1.95 bits per heavy atom. The molecule has 6 heteroatoms. The summed E-state index contributed by atoms with van der Waals surface area (Å²) in [5.41, 5.74) is -0.0465. The van der Waals surface area contributed by atoms with Gasteiger partial charge in [-0.05, 0) is 30.0 Å². The Balaban J connectivity index is 2.85. The van der Waals surface area contributed by atoms with Crippen LogP contribution in [-0.2, 0) is 10.0 Å². The van der Waals surface area contributed by atoms with Gasteiger partial charge >= 0.3 is 0 Å². The number of halogens is 1. The Hall–Kier alpha value is -0.980. The molecule has 2 N–H and O–H groups in total. The maximum atomic E-state index is 13.4. The minimum Gasteiger partial charge on any atom is -0.391 e. The van der Waals surface area contributed by atoms with Gasteiger partial charge in [-0.1, -0.05) is 26.8 Å². The molecular formula is C13H20FNO3S. The average molecular weight is 289 g/mol. The van der Waals surface area contributed by atoms with Gasteiger partial charge in [0.15, 0.2) is 0 Å². The molecule has 0 spiro atoms. The molecule has 19 heavy (non-hydrogen) atoms. The summed E-state index contributed by atoms with van der Waals surface area (Å²) in [4.78, 5) is -0.142. The van der Waals surface area contributed by atoms with E-state index in [0.717, 1.165) is 6.07 Å².